The van der Waals surface area contributed by atoms with Gasteiger partial charge in [0.05, 0.1) is 10.3 Å². The molecule has 2 rings (SSSR count). The molecule has 19 heavy (non-hydrogen) atoms. The van der Waals surface area contributed by atoms with Crippen molar-refractivity contribution in [2.75, 3.05) is 0 Å². The molecule has 1 aliphatic carbocycles. The summed E-state index contributed by atoms with van der Waals surface area (Å²) < 4.78 is 0.824. The van der Waals surface area contributed by atoms with Gasteiger partial charge < -0.3 is 10.4 Å². The number of thiophene rings is 1. The lowest BCUT2D eigenvalue weighted by Gasteiger charge is -2.30. The first kappa shape index (κ1) is 14.8. The van der Waals surface area contributed by atoms with Gasteiger partial charge >= 0.3 is 5.97 Å². The van der Waals surface area contributed by atoms with Crippen LogP contribution in [0.25, 0.3) is 0 Å². The molecule has 106 valence electrons. The van der Waals surface area contributed by atoms with Gasteiger partial charge in [0.1, 0.15) is 0 Å². The van der Waals surface area contributed by atoms with E-state index in [1.807, 2.05) is 6.07 Å². The summed E-state index contributed by atoms with van der Waals surface area (Å²) in [6.07, 6.45) is 4.50. The monoisotopic (exact) mass is 301 g/mol. The first-order valence-corrected chi connectivity index (χ1v) is 8.03. The van der Waals surface area contributed by atoms with Crippen LogP contribution in [0.3, 0.4) is 0 Å². The van der Waals surface area contributed by atoms with E-state index in [1.54, 1.807) is 11.3 Å². The summed E-state index contributed by atoms with van der Waals surface area (Å²) in [4.78, 5) is 12.2. The van der Waals surface area contributed by atoms with Crippen LogP contribution < -0.4 is 5.32 Å². The van der Waals surface area contributed by atoms with Gasteiger partial charge in [0.2, 0.25) is 0 Å². The molecule has 5 heteroatoms. The molecule has 0 radical (unpaired) electrons. The Hall–Kier alpha value is -0.580. The van der Waals surface area contributed by atoms with E-state index < -0.39 is 5.97 Å². The molecule has 3 nitrogen and oxygen atoms in total. The first-order valence-electron chi connectivity index (χ1n) is 6.84. The maximum Gasteiger partial charge on any atom is 0.306 e. The Balaban J connectivity index is 1.88. The molecule has 1 saturated carbocycles. The minimum absolute atomic E-state index is 0.144. The second-order valence-electron chi connectivity index (χ2n) is 5.16. The second kappa shape index (κ2) is 6.73. The van der Waals surface area contributed by atoms with Crippen molar-refractivity contribution in [1.82, 2.24) is 5.32 Å². The Labute approximate surface area is 123 Å². The zero-order valence-electron chi connectivity index (χ0n) is 11.1. The van der Waals surface area contributed by atoms with E-state index in [9.17, 15) is 4.79 Å². The van der Waals surface area contributed by atoms with Crippen LogP contribution in [0.5, 0.6) is 0 Å². The van der Waals surface area contributed by atoms with E-state index in [0.717, 1.165) is 36.4 Å². The summed E-state index contributed by atoms with van der Waals surface area (Å²) in [6.45, 7) is 2.16. The third-order valence-electron chi connectivity index (χ3n) is 3.86. The van der Waals surface area contributed by atoms with Gasteiger partial charge in [0, 0.05) is 17.0 Å². The van der Waals surface area contributed by atoms with Crippen LogP contribution in [0.15, 0.2) is 12.1 Å². The van der Waals surface area contributed by atoms with Crippen LogP contribution in [-0.4, -0.2) is 17.1 Å². The quantitative estimate of drug-likeness (QED) is 0.861. The summed E-state index contributed by atoms with van der Waals surface area (Å²) >= 11 is 7.61. The molecule has 0 bridgehead atoms. The van der Waals surface area contributed by atoms with E-state index >= 15 is 0 Å². The molecule has 1 atom stereocenters. The number of carboxylic acid groups (broad SMARTS) is 1. The average molecular weight is 302 g/mol. The van der Waals surface area contributed by atoms with Crippen LogP contribution in [0.1, 0.15) is 49.9 Å². The lowest BCUT2D eigenvalue weighted by atomic mass is 9.85. The molecule has 0 aliphatic heterocycles. The second-order valence-corrected chi connectivity index (χ2v) is 6.90. The highest BCUT2D eigenvalue weighted by Gasteiger charge is 2.27. The minimum Gasteiger partial charge on any atom is -0.481 e. The summed E-state index contributed by atoms with van der Waals surface area (Å²) in [5, 5.41) is 12.7. The van der Waals surface area contributed by atoms with Crippen LogP contribution in [-0.2, 0) is 4.79 Å². The smallest absolute Gasteiger partial charge is 0.306 e. The Morgan fingerprint density at radius 2 is 2.16 bits per heavy atom. The number of aliphatic carboxylic acids is 1. The third-order valence-corrected chi connectivity index (χ3v) is 5.20. The highest BCUT2D eigenvalue weighted by Crippen LogP contribution is 2.31. The van der Waals surface area contributed by atoms with Crippen LogP contribution in [0.2, 0.25) is 4.34 Å². The van der Waals surface area contributed by atoms with E-state index in [-0.39, 0.29) is 5.92 Å². The van der Waals surface area contributed by atoms with Crippen molar-refractivity contribution in [1.29, 1.82) is 0 Å². The predicted octanol–water partition coefficient (Wildman–Crippen LogP) is 4.09. The van der Waals surface area contributed by atoms with Gasteiger partial charge in [-0.3, -0.25) is 4.79 Å². The summed E-state index contributed by atoms with van der Waals surface area (Å²) in [7, 11) is 0. The molecule has 1 aromatic rings. The lowest BCUT2D eigenvalue weighted by molar-refractivity contribution is -0.142. The Morgan fingerprint density at radius 1 is 1.47 bits per heavy atom. The number of hydrogen-bond acceptors (Lipinski definition) is 3. The zero-order valence-corrected chi connectivity index (χ0v) is 12.6. The summed E-state index contributed by atoms with van der Waals surface area (Å²) in [5.41, 5.74) is 0. The maximum absolute atomic E-state index is 10.9. The molecule has 0 aromatic carbocycles. The fraction of sp³-hybridized carbons (Fsp3) is 0.643. The minimum atomic E-state index is -0.643. The number of carbonyl (C=O) groups is 1. The molecule has 0 amide bonds. The molecule has 0 spiro atoms. The van der Waals surface area contributed by atoms with Crippen molar-refractivity contribution < 1.29 is 9.90 Å². The van der Waals surface area contributed by atoms with Crippen molar-refractivity contribution in [2.45, 2.75) is 51.1 Å². The number of halogens is 1. The van der Waals surface area contributed by atoms with Gasteiger partial charge in [-0.05, 0) is 44.2 Å². The largest absolute Gasteiger partial charge is 0.481 e. The van der Waals surface area contributed by atoms with Gasteiger partial charge in [0.15, 0.2) is 0 Å². The number of hydrogen-bond donors (Lipinski definition) is 2. The molecular weight excluding hydrogens is 282 g/mol. The van der Waals surface area contributed by atoms with E-state index in [0.29, 0.717) is 12.1 Å². The topological polar surface area (TPSA) is 49.3 Å². The number of nitrogens with one attached hydrogen (secondary N) is 1. The Morgan fingerprint density at radius 3 is 2.63 bits per heavy atom. The molecule has 0 saturated heterocycles. The zero-order chi connectivity index (χ0) is 13.8. The Bertz CT molecular complexity index is 427. The predicted molar refractivity (Wildman–Crippen MR) is 78.9 cm³/mol. The standard InChI is InChI=1S/C14H20ClNO2S/c1-2-11(12-7-8-13(15)19-12)16-10-5-3-9(4-6-10)14(17)18/h7-11,16H,2-6H2,1H3,(H,17,18). The van der Waals surface area contributed by atoms with Gasteiger partial charge in [-0.15, -0.1) is 11.3 Å². The van der Waals surface area contributed by atoms with Crippen molar-refractivity contribution in [3.8, 4) is 0 Å². The molecule has 1 fully saturated rings. The Kier molecular flexibility index (Phi) is 5.25. The molecular formula is C14H20ClNO2S. The van der Waals surface area contributed by atoms with Gasteiger partial charge in [-0.2, -0.15) is 0 Å². The fourth-order valence-electron chi connectivity index (χ4n) is 2.71. The summed E-state index contributed by atoms with van der Waals surface area (Å²) in [6, 6.07) is 4.79. The van der Waals surface area contributed by atoms with Crippen LogP contribution in [0, 0.1) is 5.92 Å². The van der Waals surface area contributed by atoms with Gasteiger partial charge in [-0.25, -0.2) is 0 Å². The SMILES string of the molecule is CCC(NC1CCC(C(=O)O)CC1)c1ccc(Cl)s1. The van der Waals surface area contributed by atoms with E-state index in [4.69, 9.17) is 16.7 Å². The molecule has 1 heterocycles. The normalized spacial score (nSPS) is 25.2. The number of carboxylic acids is 1. The van der Waals surface area contributed by atoms with E-state index in [2.05, 4.69) is 18.3 Å². The van der Waals surface area contributed by atoms with E-state index in [1.165, 1.54) is 4.88 Å². The lowest BCUT2D eigenvalue weighted by Crippen LogP contribution is -2.36. The van der Waals surface area contributed by atoms with Crippen molar-refractivity contribution in [3.05, 3.63) is 21.3 Å². The fourth-order valence-corrected chi connectivity index (χ4v) is 3.91. The van der Waals surface area contributed by atoms with Gasteiger partial charge in [0.25, 0.3) is 0 Å². The highest BCUT2D eigenvalue weighted by atomic mass is 35.5. The van der Waals surface area contributed by atoms with Crippen LogP contribution in [0.4, 0.5) is 0 Å². The third kappa shape index (κ3) is 3.94. The molecule has 1 unspecified atom stereocenters. The maximum atomic E-state index is 10.9. The first-order chi connectivity index (χ1) is 9.10. The van der Waals surface area contributed by atoms with Crippen molar-refractivity contribution in [3.63, 3.8) is 0 Å². The van der Waals surface area contributed by atoms with Crippen molar-refractivity contribution >= 4 is 28.9 Å². The van der Waals surface area contributed by atoms with Gasteiger partial charge in [-0.1, -0.05) is 18.5 Å². The molecule has 1 aliphatic rings. The average Bonchev–Trinajstić information content (AvgIpc) is 2.83. The number of rotatable bonds is 5. The molecule has 1 aromatic heterocycles. The molecule has 2 N–H and O–H groups in total. The summed E-state index contributed by atoms with van der Waals surface area (Å²) in [5.74, 6) is -0.787. The van der Waals surface area contributed by atoms with Crippen LogP contribution >= 0.6 is 22.9 Å². The van der Waals surface area contributed by atoms with Crippen molar-refractivity contribution in [2.24, 2.45) is 5.92 Å². The highest BCUT2D eigenvalue weighted by molar-refractivity contribution is 7.16.